The first-order valence-corrected chi connectivity index (χ1v) is 8.38. The normalized spacial score (nSPS) is 16.6. The number of nitrogens with one attached hydrogen (secondary N) is 1. The number of thioether (sulfide) groups is 1. The van der Waals surface area contributed by atoms with Gasteiger partial charge >= 0.3 is 0 Å². The van der Waals surface area contributed by atoms with Crippen LogP contribution in [-0.2, 0) is 12.2 Å². The zero-order chi connectivity index (χ0) is 15.3. The Morgan fingerprint density at radius 3 is 2.77 bits per heavy atom. The van der Waals surface area contributed by atoms with Crippen LogP contribution in [0.25, 0.3) is 22.2 Å². The van der Waals surface area contributed by atoms with Crippen molar-refractivity contribution in [3.63, 3.8) is 0 Å². The van der Waals surface area contributed by atoms with Crippen LogP contribution in [0.2, 0.25) is 0 Å². The standard InChI is InChI=1S/C17H18N4S/c1-17(2)8-12-11(9-22-17)13(10-6-4-3-5-7-10)14-15(19-12)16(18)21-20-14/h3-7H,8-9H2,1-2H3,(H3,18,20,21). The zero-order valence-electron chi connectivity index (χ0n) is 12.7. The third kappa shape index (κ3) is 2.08. The molecule has 4 nitrogen and oxygen atoms in total. The number of fused-ring (bicyclic) bond motifs is 2. The van der Waals surface area contributed by atoms with Crippen molar-refractivity contribution in [3.8, 4) is 11.1 Å². The first-order valence-electron chi connectivity index (χ1n) is 7.40. The fourth-order valence-corrected chi connectivity index (χ4v) is 4.17. The molecule has 0 unspecified atom stereocenters. The lowest BCUT2D eigenvalue weighted by atomic mass is 9.94. The molecule has 3 aromatic rings. The lowest BCUT2D eigenvalue weighted by molar-refractivity contribution is 0.680. The molecule has 1 aromatic carbocycles. The average Bonchev–Trinajstić information content (AvgIpc) is 2.86. The largest absolute Gasteiger partial charge is 0.380 e. The molecule has 0 bridgehead atoms. The summed E-state index contributed by atoms with van der Waals surface area (Å²) in [6.07, 6.45) is 0.952. The number of H-pyrrole nitrogens is 1. The second-order valence-electron chi connectivity index (χ2n) is 6.34. The maximum absolute atomic E-state index is 6.01. The average molecular weight is 310 g/mol. The quantitative estimate of drug-likeness (QED) is 0.718. The van der Waals surface area contributed by atoms with Gasteiger partial charge in [-0.3, -0.25) is 5.10 Å². The second kappa shape index (κ2) is 4.74. The van der Waals surface area contributed by atoms with E-state index >= 15 is 0 Å². The minimum Gasteiger partial charge on any atom is -0.380 e. The first-order chi connectivity index (χ1) is 10.6. The van der Waals surface area contributed by atoms with Gasteiger partial charge in [0, 0.05) is 28.2 Å². The summed E-state index contributed by atoms with van der Waals surface area (Å²) in [6, 6.07) is 10.4. The van der Waals surface area contributed by atoms with Gasteiger partial charge in [0.05, 0.1) is 5.52 Å². The highest BCUT2D eigenvalue weighted by atomic mass is 32.2. The molecule has 0 saturated heterocycles. The van der Waals surface area contributed by atoms with E-state index in [1.165, 1.54) is 16.7 Å². The third-order valence-corrected chi connectivity index (χ3v) is 5.54. The highest BCUT2D eigenvalue weighted by molar-refractivity contribution is 7.99. The Morgan fingerprint density at radius 1 is 1.23 bits per heavy atom. The summed E-state index contributed by atoms with van der Waals surface area (Å²) in [5.41, 5.74) is 12.6. The van der Waals surface area contributed by atoms with Crippen LogP contribution >= 0.6 is 11.8 Å². The fraction of sp³-hybridized carbons (Fsp3) is 0.294. The molecule has 0 aliphatic carbocycles. The van der Waals surface area contributed by atoms with Crippen molar-refractivity contribution in [3.05, 3.63) is 41.6 Å². The summed E-state index contributed by atoms with van der Waals surface area (Å²) < 4.78 is 0.208. The van der Waals surface area contributed by atoms with Gasteiger partial charge in [0.1, 0.15) is 5.52 Å². The summed E-state index contributed by atoms with van der Waals surface area (Å²) in [5.74, 6) is 1.44. The van der Waals surface area contributed by atoms with Crippen LogP contribution in [0.4, 0.5) is 5.82 Å². The van der Waals surface area contributed by atoms with Gasteiger partial charge in [-0.25, -0.2) is 4.98 Å². The molecular formula is C17H18N4S. The van der Waals surface area contributed by atoms with Gasteiger partial charge in [-0.15, -0.1) is 0 Å². The topological polar surface area (TPSA) is 67.6 Å². The maximum atomic E-state index is 6.01. The number of pyridine rings is 1. The van der Waals surface area contributed by atoms with Gasteiger partial charge in [0.25, 0.3) is 0 Å². The zero-order valence-corrected chi connectivity index (χ0v) is 13.5. The first kappa shape index (κ1) is 13.6. The summed E-state index contributed by atoms with van der Waals surface area (Å²) in [4.78, 5) is 4.82. The van der Waals surface area contributed by atoms with Crippen LogP contribution < -0.4 is 5.73 Å². The van der Waals surface area contributed by atoms with Crippen LogP contribution in [0.15, 0.2) is 30.3 Å². The minimum atomic E-state index is 0.208. The summed E-state index contributed by atoms with van der Waals surface area (Å²) in [6.45, 7) is 4.54. The molecule has 0 amide bonds. The SMILES string of the molecule is CC1(C)Cc2nc3c(N)n[nH]c3c(-c3ccccc3)c2CS1. The maximum Gasteiger partial charge on any atom is 0.171 e. The van der Waals surface area contributed by atoms with E-state index in [0.29, 0.717) is 5.82 Å². The van der Waals surface area contributed by atoms with Gasteiger partial charge < -0.3 is 5.73 Å². The number of benzene rings is 1. The van der Waals surface area contributed by atoms with E-state index in [-0.39, 0.29) is 4.75 Å². The van der Waals surface area contributed by atoms with Crippen molar-refractivity contribution >= 4 is 28.6 Å². The lowest BCUT2D eigenvalue weighted by Crippen LogP contribution is -2.25. The molecule has 0 fully saturated rings. The molecule has 1 aliphatic heterocycles. The van der Waals surface area contributed by atoms with Crippen LogP contribution in [0.1, 0.15) is 25.1 Å². The number of aromatic nitrogens is 3. The van der Waals surface area contributed by atoms with E-state index in [2.05, 4.69) is 48.3 Å². The van der Waals surface area contributed by atoms with Crippen molar-refractivity contribution in [1.29, 1.82) is 0 Å². The number of nitrogen functional groups attached to an aromatic ring is 1. The van der Waals surface area contributed by atoms with Crippen molar-refractivity contribution in [2.75, 3.05) is 5.73 Å². The van der Waals surface area contributed by atoms with Crippen molar-refractivity contribution in [1.82, 2.24) is 15.2 Å². The van der Waals surface area contributed by atoms with Crippen LogP contribution in [-0.4, -0.2) is 19.9 Å². The lowest BCUT2D eigenvalue weighted by Gasteiger charge is -2.31. The Hall–Kier alpha value is -2.01. The number of anilines is 1. The van der Waals surface area contributed by atoms with Crippen LogP contribution in [0.3, 0.4) is 0 Å². The summed E-state index contributed by atoms with van der Waals surface area (Å²) in [7, 11) is 0. The van der Waals surface area contributed by atoms with Gasteiger partial charge in [-0.1, -0.05) is 44.2 Å². The Balaban J connectivity index is 2.06. The molecule has 1 aliphatic rings. The molecule has 4 rings (SSSR count). The van der Waals surface area contributed by atoms with Gasteiger partial charge in [-0.2, -0.15) is 16.9 Å². The molecule has 5 heteroatoms. The van der Waals surface area contributed by atoms with Crippen molar-refractivity contribution in [2.24, 2.45) is 0 Å². The van der Waals surface area contributed by atoms with E-state index < -0.39 is 0 Å². The van der Waals surface area contributed by atoms with Crippen LogP contribution in [0.5, 0.6) is 0 Å². The second-order valence-corrected chi connectivity index (χ2v) is 8.02. The van der Waals surface area contributed by atoms with E-state index in [0.717, 1.165) is 28.9 Å². The van der Waals surface area contributed by atoms with E-state index in [1.807, 2.05) is 17.8 Å². The van der Waals surface area contributed by atoms with E-state index in [1.54, 1.807) is 0 Å². The molecule has 0 saturated carbocycles. The number of nitrogens with zero attached hydrogens (tertiary/aromatic N) is 2. The third-order valence-electron chi connectivity index (χ3n) is 4.18. The fourth-order valence-electron chi connectivity index (χ4n) is 3.08. The van der Waals surface area contributed by atoms with E-state index in [4.69, 9.17) is 10.7 Å². The van der Waals surface area contributed by atoms with Gasteiger partial charge in [0.15, 0.2) is 5.82 Å². The highest BCUT2D eigenvalue weighted by Gasteiger charge is 2.30. The monoisotopic (exact) mass is 310 g/mol. The van der Waals surface area contributed by atoms with E-state index in [9.17, 15) is 0 Å². The molecule has 3 N–H and O–H groups in total. The highest BCUT2D eigenvalue weighted by Crippen LogP contribution is 2.43. The number of aromatic amines is 1. The molecule has 0 radical (unpaired) electrons. The number of hydrogen-bond donors (Lipinski definition) is 2. The minimum absolute atomic E-state index is 0.208. The predicted molar refractivity (Wildman–Crippen MR) is 92.8 cm³/mol. The van der Waals surface area contributed by atoms with Crippen molar-refractivity contribution in [2.45, 2.75) is 30.8 Å². The Bertz CT molecular complexity index is 852. The molecule has 0 atom stereocenters. The molecule has 2 aromatic heterocycles. The smallest absolute Gasteiger partial charge is 0.171 e. The Kier molecular flexibility index (Phi) is 2.94. The van der Waals surface area contributed by atoms with Crippen LogP contribution in [0, 0.1) is 0 Å². The molecule has 0 spiro atoms. The number of rotatable bonds is 1. The Labute approximate surface area is 133 Å². The predicted octanol–water partition coefficient (Wildman–Crippen LogP) is 3.78. The Morgan fingerprint density at radius 2 is 2.00 bits per heavy atom. The van der Waals surface area contributed by atoms with Crippen molar-refractivity contribution < 1.29 is 0 Å². The van der Waals surface area contributed by atoms with Gasteiger partial charge in [-0.05, 0) is 11.1 Å². The summed E-state index contributed by atoms with van der Waals surface area (Å²) >= 11 is 1.98. The number of nitrogens with two attached hydrogens (primary N) is 1. The molecular weight excluding hydrogens is 292 g/mol. The number of hydrogen-bond acceptors (Lipinski definition) is 4. The van der Waals surface area contributed by atoms with Gasteiger partial charge in [0.2, 0.25) is 0 Å². The summed E-state index contributed by atoms with van der Waals surface area (Å²) in [5, 5.41) is 7.25. The molecule has 112 valence electrons. The molecule has 3 heterocycles. The molecule has 22 heavy (non-hydrogen) atoms.